The number of nitrogen functional groups attached to an aromatic ring is 1. The molecule has 0 radical (unpaired) electrons. The molecule has 174 valence electrons. The summed E-state index contributed by atoms with van der Waals surface area (Å²) in [5.41, 5.74) is 8.60. The quantitative estimate of drug-likeness (QED) is 0.293. The summed E-state index contributed by atoms with van der Waals surface area (Å²) in [6, 6.07) is 6.92. The Balaban J connectivity index is 0.00000259. The maximum absolute atomic E-state index is 15.0. The van der Waals surface area contributed by atoms with Crippen molar-refractivity contribution in [3.05, 3.63) is 50.9 Å². The first-order valence-electron chi connectivity index (χ1n) is 9.96. The van der Waals surface area contributed by atoms with Gasteiger partial charge in [0.25, 0.3) is 0 Å². The average Bonchev–Trinajstić information content (AvgIpc) is 3.49. The highest BCUT2D eigenvalue weighted by molar-refractivity contribution is 9.13. The third-order valence-corrected chi connectivity index (χ3v) is 10.3. The van der Waals surface area contributed by atoms with Gasteiger partial charge in [-0.2, -0.15) is 0 Å². The number of aromatic nitrogens is 3. The van der Waals surface area contributed by atoms with Crippen LogP contribution in [0.3, 0.4) is 0 Å². The maximum Gasteiger partial charge on any atom is 0.160 e. The molecule has 4 aromatic rings. The molecule has 0 spiro atoms. The Morgan fingerprint density at radius 3 is 2.64 bits per heavy atom. The fourth-order valence-corrected chi connectivity index (χ4v) is 7.73. The van der Waals surface area contributed by atoms with E-state index in [4.69, 9.17) is 5.73 Å². The molecule has 1 aliphatic carbocycles. The van der Waals surface area contributed by atoms with E-state index in [1.54, 1.807) is 18.2 Å². The van der Waals surface area contributed by atoms with Crippen LogP contribution < -0.4 is 10.5 Å². The number of fused-ring (bicyclic) bond motifs is 1. The standard InChI is InChI=1S/C21H18Br2FN5OS2.H2O/c22-14-8-17(31-19(14)23)32(30)28-16-6-5-11(7-15(16)24)13-9-29(12-3-1-2-4-12)21-18(13)20(25)26-10-27-21;/h5-10,12,28H,1-4H2,(H2,25,26,27);1H2. The number of halogens is 3. The van der Waals surface area contributed by atoms with Gasteiger partial charge in [-0.25, -0.2) is 18.6 Å². The third-order valence-electron chi connectivity index (χ3n) is 5.64. The summed E-state index contributed by atoms with van der Waals surface area (Å²) in [5, 5.41) is 0.733. The topological polar surface area (TPSA) is 117 Å². The average molecular weight is 617 g/mol. The first kappa shape index (κ1) is 24.3. The van der Waals surface area contributed by atoms with Gasteiger partial charge in [-0.15, -0.1) is 11.3 Å². The fraction of sp³-hybridized carbons (Fsp3) is 0.238. The van der Waals surface area contributed by atoms with E-state index >= 15 is 4.39 Å². The van der Waals surface area contributed by atoms with Crippen LogP contribution in [0.25, 0.3) is 22.2 Å². The van der Waals surface area contributed by atoms with Crippen LogP contribution in [0, 0.1) is 5.82 Å². The van der Waals surface area contributed by atoms with Gasteiger partial charge in [-0.05, 0) is 68.5 Å². The highest BCUT2D eigenvalue weighted by atomic mass is 79.9. The number of benzene rings is 1. The van der Waals surface area contributed by atoms with E-state index in [2.05, 4.69) is 51.1 Å². The van der Waals surface area contributed by atoms with Crippen LogP contribution in [0.5, 0.6) is 0 Å². The summed E-state index contributed by atoms with van der Waals surface area (Å²) in [6.45, 7) is 0. The normalized spacial score (nSPS) is 15.0. The van der Waals surface area contributed by atoms with Crippen molar-refractivity contribution in [2.24, 2.45) is 0 Å². The Morgan fingerprint density at radius 2 is 1.97 bits per heavy atom. The van der Waals surface area contributed by atoms with Gasteiger partial charge in [0.15, 0.2) is 11.0 Å². The molecule has 1 aromatic carbocycles. The summed E-state index contributed by atoms with van der Waals surface area (Å²) in [6.07, 6.45) is 8.02. The Morgan fingerprint density at radius 1 is 1.21 bits per heavy atom. The smallest absolute Gasteiger partial charge is 0.160 e. The molecule has 0 bridgehead atoms. The van der Waals surface area contributed by atoms with Crippen LogP contribution in [0.15, 0.2) is 49.3 Å². The van der Waals surface area contributed by atoms with E-state index in [0.717, 1.165) is 37.7 Å². The lowest BCUT2D eigenvalue weighted by molar-refractivity contribution is 0.532. The third kappa shape index (κ3) is 4.59. The first-order valence-corrected chi connectivity index (χ1v) is 13.5. The van der Waals surface area contributed by atoms with Crippen molar-refractivity contribution in [3.63, 3.8) is 0 Å². The zero-order chi connectivity index (χ0) is 22.4. The second-order valence-electron chi connectivity index (χ2n) is 7.60. The molecule has 1 atom stereocenters. The van der Waals surface area contributed by atoms with Crippen molar-refractivity contribution in [1.82, 2.24) is 14.5 Å². The first-order chi connectivity index (χ1) is 15.4. The van der Waals surface area contributed by atoms with Gasteiger partial charge in [-0.3, -0.25) is 4.72 Å². The fourth-order valence-electron chi connectivity index (χ4n) is 4.12. The van der Waals surface area contributed by atoms with Crippen molar-refractivity contribution >= 4 is 76.7 Å². The molecule has 7 nitrogen and oxygen atoms in total. The molecule has 5 N–H and O–H groups in total. The Labute approximate surface area is 212 Å². The molecule has 1 saturated carbocycles. The second-order valence-corrected chi connectivity index (χ2v) is 12.3. The monoisotopic (exact) mass is 615 g/mol. The van der Waals surface area contributed by atoms with Gasteiger partial charge in [0.05, 0.1) is 14.9 Å². The van der Waals surface area contributed by atoms with Crippen LogP contribution >= 0.6 is 43.2 Å². The van der Waals surface area contributed by atoms with Gasteiger partial charge in [0, 0.05) is 22.3 Å². The SMILES string of the molecule is Nc1ncnc2c1c(-c1ccc(NS(=O)c3cc(Br)c(Br)s3)c(F)c1)cn2C1CCCC1.O. The van der Waals surface area contributed by atoms with Crippen molar-refractivity contribution in [1.29, 1.82) is 0 Å². The summed E-state index contributed by atoms with van der Waals surface area (Å²) >= 11 is 8.08. The molecule has 33 heavy (non-hydrogen) atoms. The lowest BCUT2D eigenvalue weighted by Gasteiger charge is -2.12. The van der Waals surface area contributed by atoms with Crippen LogP contribution in [-0.4, -0.2) is 24.2 Å². The number of rotatable bonds is 5. The summed E-state index contributed by atoms with van der Waals surface area (Å²) in [7, 11) is -1.58. The number of nitrogens with zero attached hydrogens (tertiary/aromatic N) is 3. The highest BCUT2D eigenvalue weighted by Gasteiger charge is 2.23. The van der Waals surface area contributed by atoms with E-state index in [-0.39, 0.29) is 11.2 Å². The number of nitrogens with one attached hydrogen (secondary N) is 1. The van der Waals surface area contributed by atoms with E-state index in [9.17, 15) is 4.21 Å². The summed E-state index contributed by atoms with van der Waals surface area (Å²) in [4.78, 5) is 8.63. The molecule has 1 unspecified atom stereocenters. The number of hydrogen-bond acceptors (Lipinski definition) is 5. The lowest BCUT2D eigenvalue weighted by Crippen LogP contribution is -2.05. The molecule has 0 aliphatic heterocycles. The summed E-state index contributed by atoms with van der Waals surface area (Å²) < 4.78 is 34.8. The van der Waals surface area contributed by atoms with E-state index in [1.807, 2.05) is 6.20 Å². The van der Waals surface area contributed by atoms with Gasteiger partial charge in [0.1, 0.15) is 27.8 Å². The van der Waals surface area contributed by atoms with Crippen molar-refractivity contribution < 1.29 is 14.1 Å². The van der Waals surface area contributed by atoms with Gasteiger partial charge >= 0.3 is 0 Å². The second kappa shape index (κ2) is 9.79. The number of nitrogens with two attached hydrogens (primary N) is 1. The molecule has 12 heteroatoms. The molecule has 0 amide bonds. The van der Waals surface area contributed by atoms with E-state index < -0.39 is 16.8 Å². The largest absolute Gasteiger partial charge is 0.412 e. The van der Waals surface area contributed by atoms with Crippen molar-refractivity contribution in [2.75, 3.05) is 10.5 Å². The van der Waals surface area contributed by atoms with Crippen molar-refractivity contribution in [3.8, 4) is 11.1 Å². The van der Waals surface area contributed by atoms with Crippen LogP contribution in [0.2, 0.25) is 0 Å². The molecule has 3 aromatic heterocycles. The van der Waals surface area contributed by atoms with Gasteiger partial charge in [-0.1, -0.05) is 18.9 Å². The Bertz CT molecular complexity index is 1330. The minimum Gasteiger partial charge on any atom is -0.412 e. The predicted octanol–water partition coefficient (Wildman–Crippen LogP) is 5.83. The van der Waals surface area contributed by atoms with E-state index in [0.29, 0.717) is 21.6 Å². The zero-order valence-corrected chi connectivity index (χ0v) is 22.0. The molecule has 1 aliphatic rings. The van der Waals surface area contributed by atoms with Gasteiger partial charge in [0.2, 0.25) is 0 Å². The molecule has 5 rings (SSSR count). The molecule has 0 saturated heterocycles. The zero-order valence-electron chi connectivity index (χ0n) is 17.1. The molecular formula is C21H20Br2FN5O2S2. The van der Waals surface area contributed by atoms with Crippen LogP contribution in [0.4, 0.5) is 15.9 Å². The Kier molecular flexibility index (Phi) is 7.20. The minimum atomic E-state index is -1.58. The predicted molar refractivity (Wildman–Crippen MR) is 138 cm³/mol. The maximum atomic E-state index is 15.0. The molecule has 3 heterocycles. The van der Waals surface area contributed by atoms with Crippen molar-refractivity contribution in [2.45, 2.75) is 35.9 Å². The number of thiophene rings is 1. The van der Waals surface area contributed by atoms with E-state index in [1.165, 1.54) is 36.6 Å². The number of anilines is 2. The minimum absolute atomic E-state index is 0. The summed E-state index contributed by atoms with van der Waals surface area (Å²) in [5.74, 6) is -0.123. The van der Waals surface area contributed by atoms with Gasteiger partial charge < -0.3 is 15.8 Å². The lowest BCUT2D eigenvalue weighted by atomic mass is 10.1. The number of hydrogen-bond donors (Lipinski definition) is 2. The van der Waals surface area contributed by atoms with Crippen LogP contribution in [0.1, 0.15) is 31.7 Å². The van der Waals surface area contributed by atoms with Crippen LogP contribution in [-0.2, 0) is 11.0 Å². The Hall–Kier alpha value is -1.86. The molecular weight excluding hydrogens is 597 g/mol. The molecule has 1 fully saturated rings. The highest BCUT2D eigenvalue weighted by Crippen LogP contribution is 2.39.